The maximum Gasteiger partial charge on any atom is 0.274 e. The number of oxazole rings is 1. The second-order valence-electron chi connectivity index (χ2n) is 4.07. The Kier molecular flexibility index (Phi) is 3.10. The van der Waals surface area contributed by atoms with Crippen molar-refractivity contribution in [1.29, 1.82) is 0 Å². The predicted molar refractivity (Wildman–Crippen MR) is 57.2 cm³/mol. The number of nitrogens with zero attached hydrogens (tertiary/aromatic N) is 1. The molecule has 1 aliphatic rings. The molecular weight excluding hydrogens is 214 g/mol. The van der Waals surface area contributed by atoms with Crippen molar-refractivity contribution in [2.24, 2.45) is 0 Å². The van der Waals surface area contributed by atoms with Gasteiger partial charge in [0.2, 0.25) is 0 Å². The third-order valence-corrected chi connectivity index (χ3v) is 3.13. The SMILES string of the molecule is Cc1oc(C2CCCCC2)nc1C(=O)Cl. The Bertz CT molecular complexity index is 367. The Morgan fingerprint density at radius 3 is 2.60 bits per heavy atom. The quantitative estimate of drug-likeness (QED) is 0.728. The van der Waals surface area contributed by atoms with Crippen LogP contribution in [0.3, 0.4) is 0 Å². The largest absolute Gasteiger partial charge is 0.445 e. The average molecular weight is 228 g/mol. The molecule has 0 spiro atoms. The van der Waals surface area contributed by atoms with E-state index in [4.69, 9.17) is 16.0 Å². The Morgan fingerprint density at radius 2 is 2.07 bits per heavy atom. The van der Waals surface area contributed by atoms with Crippen LogP contribution in [-0.2, 0) is 0 Å². The highest BCUT2D eigenvalue weighted by Gasteiger charge is 2.23. The maximum atomic E-state index is 11.0. The zero-order valence-electron chi connectivity index (χ0n) is 8.75. The molecule has 1 fully saturated rings. The molecular formula is C11H14ClNO2. The van der Waals surface area contributed by atoms with E-state index in [2.05, 4.69) is 4.98 Å². The fourth-order valence-electron chi connectivity index (χ4n) is 2.12. The molecule has 0 aromatic carbocycles. The number of carbonyl (C=O) groups excluding carboxylic acids is 1. The number of halogens is 1. The summed E-state index contributed by atoms with van der Waals surface area (Å²) in [5.74, 6) is 1.61. The summed E-state index contributed by atoms with van der Waals surface area (Å²) >= 11 is 5.40. The van der Waals surface area contributed by atoms with Crippen LogP contribution in [0, 0.1) is 6.92 Å². The number of rotatable bonds is 2. The van der Waals surface area contributed by atoms with Crippen LogP contribution in [0.25, 0.3) is 0 Å². The van der Waals surface area contributed by atoms with Crippen molar-refractivity contribution in [1.82, 2.24) is 4.98 Å². The fourth-order valence-corrected chi connectivity index (χ4v) is 2.30. The lowest BCUT2D eigenvalue weighted by Gasteiger charge is -2.17. The molecule has 15 heavy (non-hydrogen) atoms. The third kappa shape index (κ3) is 2.23. The molecule has 1 aromatic heterocycles. The van der Waals surface area contributed by atoms with Gasteiger partial charge >= 0.3 is 0 Å². The molecule has 0 radical (unpaired) electrons. The van der Waals surface area contributed by atoms with E-state index in [9.17, 15) is 4.79 Å². The number of aryl methyl sites for hydroxylation is 1. The molecule has 0 bridgehead atoms. The summed E-state index contributed by atoms with van der Waals surface area (Å²) in [5, 5.41) is -0.529. The van der Waals surface area contributed by atoms with Crippen molar-refractivity contribution < 1.29 is 9.21 Å². The molecule has 0 amide bonds. The van der Waals surface area contributed by atoms with E-state index in [-0.39, 0.29) is 5.69 Å². The lowest BCUT2D eigenvalue weighted by atomic mass is 9.89. The summed E-state index contributed by atoms with van der Waals surface area (Å²) in [6, 6.07) is 0. The molecule has 0 unspecified atom stereocenters. The molecule has 1 saturated carbocycles. The van der Waals surface area contributed by atoms with Crippen molar-refractivity contribution in [2.75, 3.05) is 0 Å². The molecule has 0 N–H and O–H groups in total. The second kappa shape index (κ2) is 4.35. The van der Waals surface area contributed by atoms with E-state index < -0.39 is 5.24 Å². The summed E-state index contributed by atoms with van der Waals surface area (Å²) < 4.78 is 5.50. The zero-order valence-corrected chi connectivity index (χ0v) is 9.51. The van der Waals surface area contributed by atoms with Gasteiger partial charge in [0.25, 0.3) is 5.24 Å². The van der Waals surface area contributed by atoms with Crippen LogP contribution in [0.15, 0.2) is 4.42 Å². The van der Waals surface area contributed by atoms with E-state index in [0.29, 0.717) is 17.6 Å². The highest BCUT2D eigenvalue weighted by molar-refractivity contribution is 6.67. The van der Waals surface area contributed by atoms with Crippen LogP contribution in [0.2, 0.25) is 0 Å². The molecule has 0 atom stereocenters. The van der Waals surface area contributed by atoms with Gasteiger partial charge in [-0.1, -0.05) is 19.3 Å². The minimum absolute atomic E-state index is 0.275. The normalized spacial score (nSPS) is 18.0. The standard InChI is InChI=1S/C11H14ClNO2/c1-7-9(10(12)14)13-11(15-7)8-5-3-2-4-6-8/h8H,2-6H2,1H3. The van der Waals surface area contributed by atoms with E-state index in [1.807, 2.05) is 0 Å². The van der Waals surface area contributed by atoms with Gasteiger partial charge in [0.1, 0.15) is 5.76 Å². The lowest BCUT2D eigenvalue weighted by Crippen LogP contribution is -2.05. The van der Waals surface area contributed by atoms with Crippen LogP contribution < -0.4 is 0 Å². The highest BCUT2D eigenvalue weighted by atomic mass is 35.5. The van der Waals surface area contributed by atoms with Crippen LogP contribution in [-0.4, -0.2) is 10.2 Å². The predicted octanol–water partition coefficient (Wildman–Crippen LogP) is 3.41. The first-order chi connectivity index (χ1) is 7.18. The number of hydrogen-bond donors (Lipinski definition) is 0. The van der Waals surface area contributed by atoms with E-state index in [1.54, 1.807) is 6.92 Å². The van der Waals surface area contributed by atoms with Crippen molar-refractivity contribution in [2.45, 2.75) is 44.9 Å². The summed E-state index contributed by atoms with van der Waals surface area (Å²) in [6.07, 6.45) is 5.94. The van der Waals surface area contributed by atoms with Crippen LogP contribution >= 0.6 is 11.6 Å². The lowest BCUT2D eigenvalue weighted by molar-refractivity contribution is 0.107. The zero-order chi connectivity index (χ0) is 10.8. The molecule has 1 aliphatic carbocycles. The van der Waals surface area contributed by atoms with Crippen molar-refractivity contribution in [3.05, 3.63) is 17.3 Å². The van der Waals surface area contributed by atoms with Gasteiger partial charge in [-0.25, -0.2) is 4.98 Å². The molecule has 3 nitrogen and oxygen atoms in total. The molecule has 1 aromatic rings. The maximum absolute atomic E-state index is 11.0. The summed E-state index contributed by atoms with van der Waals surface area (Å²) in [6.45, 7) is 1.73. The van der Waals surface area contributed by atoms with Gasteiger partial charge in [-0.2, -0.15) is 0 Å². The van der Waals surface area contributed by atoms with Gasteiger partial charge in [-0.15, -0.1) is 0 Å². The van der Waals surface area contributed by atoms with Gasteiger partial charge in [0.15, 0.2) is 11.6 Å². The van der Waals surface area contributed by atoms with E-state index in [1.165, 1.54) is 19.3 Å². The Labute approximate surface area is 93.8 Å². The summed E-state index contributed by atoms with van der Waals surface area (Å²) in [7, 11) is 0. The minimum Gasteiger partial charge on any atom is -0.445 e. The molecule has 4 heteroatoms. The van der Waals surface area contributed by atoms with Crippen molar-refractivity contribution >= 4 is 16.8 Å². The highest BCUT2D eigenvalue weighted by Crippen LogP contribution is 2.33. The third-order valence-electron chi connectivity index (χ3n) is 2.95. The van der Waals surface area contributed by atoms with Crippen LogP contribution in [0.1, 0.15) is 60.2 Å². The van der Waals surface area contributed by atoms with E-state index >= 15 is 0 Å². The van der Waals surface area contributed by atoms with E-state index in [0.717, 1.165) is 12.8 Å². The monoisotopic (exact) mass is 227 g/mol. The summed E-state index contributed by atoms with van der Waals surface area (Å²) in [5.41, 5.74) is 0.275. The van der Waals surface area contributed by atoms with Gasteiger partial charge in [0, 0.05) is 5.92 Å². The summed E-state index contributed by atoms with van der Waals surface area (Å²) in [4.78, 5) is 15.2. The second-order valence-corrected chi connectivity index (χ2v) is 4.41. The first-order valence-corrected chi connectivity index (χ1v) is 5.73. The van der Waals surface area contributed by atoms with Gasteiger partial charge in [-0.3, -0.25) is 4.79 Å². The number of hydrogen-bond acceptors (Lipinski definition) is 3. The first-order valence-electron chi connectivity index (χ1n) is 5.35. The molecule has 0 saturated heterocycles. The van der Waals surface area contributed by atoms with Gasteiger partial charge in [-0.05, 0) is 31.4 Å². The topological polar surface area (TPSA) is 43.1 Å². The first kappa shape index (κ1) is 10.7. The Balaban J connectivity index is 2.21. The molecule has 2 rings (SSSR count). The van der Waals surface area contributed by atoms with Crippen molar-refractivity contribution in [3.63, 3.8) is 0 Å². The molecule has 0 aliphatic heterocycles. The fraction of sp³-hybridized carbons (Fsp3) is 0.636. The molecule has 82 valence electrons. The molecule has 1 heterocycles. The van der Waals surface area contributed by atoms with Gasteiger partial charge in [0.05, 0.1) is 0 Å². The number of aromatic nitrogens is 1. The Morgan fingerprint density at radius 1 is 1.40 bits per heavy atom. The average Bonchev–Trinajstić information content (AvgIpc) is 2.62. The smallest absolute Gasteiger partial charge is 0.274 e. The van der Waals surface area contributed by atoms with Crippen LogP contribution in [0.5, 0.6) is 0 Å². The van der Waals surface area contributed by atoms with Crippen molar-refractivity contribution in [3.8, 4) is 0 Å². The van der Waals surface area contributed by atoms with Gasteiger partial charge < -0.3 is 4.42 Å². The number of carbonyl (C=O) groups is 1. The van der Waals surface area contributed by atoms with Crippen LogP contribution in [0.4, 0.5) is 0 Å². The minimum atomic E-state index is -0.529. The Hall–Kier alpha value is -0.830.